The van der Waals surface area contributed by atoms with E-state index in [2.05, 4.69) is 93.7 Å². The average Bonchev–Trinajstić information content (AvgIpc) is 3.31. The molecular weight excluding hydrogens is 817 g/mol. The predicted octanol–water partition coefficient (Wildman–Crippen LogP) is 18.6. The van der Waals surface area contributed by atoms with E-state index < -0.39 is 6.10 Å². The van der Waals surface area contributed by atoms with Crippen LogP contribution in [-0.2, 0) is 28.6 Å². The molecule has 66 heavy (non-hydrogen) atoms. The van der Waals surface area contributed by atoms with Gasteiger partial charge in [-0.05, 0) is 89.9 Å². The summed E-state index contributed by atoms with van der Waals surface area (Å²) in [5.74, 6) is -0.912. The predicted molar refractivity (Wildman–Crippen MR) is 284 cm³/mol. The van der Waals surface area contributed by atoms with E-state index in [4.69, 9.17) is 14.2 Å². The minimum atomic E-state index is -0.789. The molecule has 0 heterocycles. The van der Waals surface area contributed by atoms with Crippen molar-refractivity contribution in [3.05, 3.63) is 72.9 Å². The van der Waals surface area contributed by atoms with Gasteiger partial charge in [-0.25, -0.2) is 0 Å². The highest BCUT2D eigenvalue weighted by Crippen LogP contribution is 2.15. The Balaban J connectivity index is 4.39. The third-order valence-electron chi connectivity index (χ3n) is 12.0. The van der Waals surface area contributed by atoms with Crippen LogP contribution in [0.1, 0.15) is 271 Å². The number of allylic oxidation sites excluding steroid dienone is 12. The van der Waals surface area contributed by atoms with Crippen molar-refractivity contribution in [2.75, 3.05) is 13.2 Å². The summed E-state index contributed by atoms with van der Waals surface area (Å²) >= 11 is 0. The molecule has 0 aliphatic carbocycles. The maximum absolute atomic E-state index is 12.8. The largest absolute Gasteiger partial charge is 0.462 e. The molecule has 380 valence electrons. The monoisotopic (exact) mass is 921 g/mol. The van der Waals surface area contributed by atoms with Gasteiger partial charge in [0.25, 0.3) is 0 Å². The van der Waals surface area contributed by atoms with Gasteiger partial charge in [-0.2, -0.15) is 0 Å². The van der Waals surface area contributed by atoms with Gasteiger partial charge in [0.15, 0.2) is 6.10 Å². The van der Waals surface area contributed by atoms with Crippen LogP contribution in [0.4, 0.5) is 0 Å². The molecule has 0 N–H and O–H groups in total. The SMILES string of the molecule is CC\C=C/C=C\C=C/CCCCCCCCCC(=O)OC(COC(=O)CCCCC/C=C\CCCCCCCCC)COC(=O)CCCCCCCCCCCC/C=C\C=C/CCCCC. The van der Waals surface area contributed by atoms with E-state index in [1.165, 1.54) is 148 Å². The summed E-state index contributed by atoms with van der Waals surface area (Å²) in [6.45, 7) is 6.47. The van der Waals surface area contributed by atoms with Gasteiger partial charge < -0.3 is 14.2 Å². The highest BCUT2D eigenvalue weighted by atomic mass is 16.6. The van der Waals surface area contributed by atoms with Crippen LogP contribution in [0.15, 0.2) is 72.9 Å². The molecule has 0 saturated carbocycles. The van der Waals surface area contributed by atoms with Crippen molar-refractivity contribution in [2.24, 2.45) is 0 Å². The maximum atomic E-state index is 12.8. The van der Waals surface area contributed by atoms with E-state index in [9.17, 15) is 14.4 Å². The van der Waals surface area contributed by atoms with Crippen molar-refractivity contribution in [3.63, 3.8) is 0 Å². The number of esters is 3. The van der Waals surface area contributed by atoms with E-state index in [0.29, 0.717) is 19.3 Å². The topological polar surface area (TPSA) is 78.9 Å². The molecule has 0 spiro atoms. The van der Waals surface area contributed by atoms with Crippen molar-refractivity contribution < 1.29 is 28.6 Å². The van der Waals surface area contributed by atoms with Gasteiger partial charge in [0, 0.05) is 19.3 Å². The van der Waals surface area contributed by atoms with Gasteiger partial charge in [-0.3, -0.25) is 14.4 Å². The summed E-state index contributed by atoms with van der Waals surface area (Å²) in [4.78, 5) is 38.1. The lowest BCUT2D eigenvalue weighted by molar-refractivity contribution is -0.167. The van der Waals surface area contributed by atoms with Crippen LogP contribution < -0.4 is 0 Å². The first-order valence-electron chi connectivity index (χ1n) is 28.0. The number of unbranched alkanes of at least 4 members (excludes halogenated alkanes) is 30. The maximum Gasteiger partial charge on any atom is 0.306 e. The van der Waals surface area contributed by atoms with Crippen LogP contribution in [0.5, 0.6) is 0 Å². The minimum absolute atomic E-state index is 0.0864. The molecule has 0 bridgehead atoms. The van der Waals surface area contributed by atoms with Crippen molar-refractivity contribution in [1.29, 1.82) is 0 Å². The van der Waals surface area contributed by atoms with Crippen LogP contribution in [0.25, 0.3) is 0 Å². The van der Waals surface area contributed by atoms with Crippen molar-refractivity contribution in [1.82, 2.24) is 0 Å². The lowest BCUT2D eigenvalue weighted by Crippen LogP contribution is -2.30. The van der Waals surface area contributed by atoms with Gasteiger partial charge in [-0.15, -0.1) is 0 Å². The molecule has 0 aromatic carbocycles. The van der Waals surface area contributed by atoms with Gasteiger partial charge >= 0.3 is 17.9 Å². The van der Waals surface area contributed by atoms with Crippen LogP contribution in [0, 0.1) is 0 Å². The number of rotatable bonds is 50. The summed E-state index contributed by atoms with van der Waals surface area (Å²) in [6.07, 6.45) is 68.8. The van der Waals surface area contributed by atoms with E-state index in [1.54, 1.807) is 0 Å². The molecule has 0 saturated heterocycles. The summed E-state index contributed by atoms with van der Waals surface area (Å²) in [6, 6.07) is 0. The average molecular weight is 921 g/mol. The normalized spacial score (nSPS) is 12.6. The number of carbonyl (C=O) groups is 3. The third kappa shape index (κ3) is 51.8. The van der Waals surface area contributed by atoms with Crippen LogP contribution in [0.3, 0.4) is 0 Å². The smallest absolute Gasteiger partial charge is 0.306 e. The second-order valence-electron chi connectivity index (χ2n) is 18.5. The highest BCUT2D eigenvalue weighted by molar-refractivity contribution is 5.71. The van der Waals surface area contributed by atoms with E-state index in [0.717, 1.165) is 83.5 Å². The van der Waals surface area contributed by atoms with Crippen LogP contribution in [0.2, 0.25) is 0 Å². The highest BCUT2D eigenvalue weighted by Gasteiger charge is 2.19. The quantitative estimate of drug-likeness (QED) is 0.0199. The molecule has 0 aliphatic heterocycles. The number of ether oxygens (including phenoxy) is 3. The van der Waals surface area contributed by atoms with E-state index >= 15 is 0 Å². The number of hydrogen-bond donors (Lipinski definition) is 0. The van der Waals surface area contributed by atoms with E-state index in [1.807, 2.05) is 0 Å². The molecule has 0 amide bonds. The first-order valence-corrected chi connectivity index (χ1v) is 28.0. The first-order chi connectivity index (χ1) is 32.5. The summed E-state index contributed by atoms with van der Waals surface area (Å²) in [5.41, 5.74) is 0. The first kappa shape index (κ1) is 62.8. The molecule has 6 nitrogen and oxygen atoms in total. The van der Waals surface area contributed by atoms with Gasteiger partial charge in [0.05, 0.1) is 0 Å². The molecule has 1 unspecified atom stereocenters. The molecule has 0 radical (unpaired) electrons. The standard InChI is InChI=1S/C60H104O6/c1-4-7-10-13-16-19-22-25-28-29-30-31-33-35-38-41-44-47-50-53-59(62)65-56-57(55-64-58(61)52-49-46-43-40-37-34-27-24-21-18-15-12-9-6-3)66-60(63)54-51-48-45-42-39-36-32-26-23-20-17-14-11-8-5-2/h8,11,14,16-17,19-20,22-23,25,34,37,57H,4-7,9-10,12-13,15,18,21,24,26-33,35-36,38-56H2,1-3H3/b11-8-,17-14-,19-16-,23-20-,25-22-,37-34-. The fourth-order valence-corrected chi connectivity index (χ4v) is 7.78. The molecule has 0 aromatic rings. The third-order valence-corrected chi connectivity index (χ3v) is 12.0. The van der Waals surface area contributed by atoms with Gasteiger partial charge in [-0.1, -0.05) is 235 Å². The number of hydrogen-bond acceptors (Lipinski definition) is 6. The van der Waals surface area contributed by atoms with Gasteiger partial charge in [0.2, 0.25) is 0 Å². The second-order valence-corrected chi connectivity index (χ2v) is 18.5. The lowest BCUT2D eigenvalue weighted by Gasteiger charge is -2.18. The number of carbonyl (C=O) groups excluding carboxylic acids is 3. The Labute approximate surface area is 408 Å². The molecular formula is C60H104O6. The zero-order valence-corrected chi connectivity index (χ0v) is 43.4. The molecule has 6 heteroatoms. The Morgan fingerprint density at radius 2 is 0.606 bits per heavy atom. The Morgan fingerprint density at radius 3 is 1.02 bits per heavy atom. The summed E-state index contributed by atoms with van der Waals surface area (Å²) in [7, 11) is 0. The fraction of sp³-hybridized carbons (Fsp3) is 0.750. The zero-order chi connectivity index (χ0) is 47.9. The van der Waals surface area contributed by atoms with Crippen molar-refractivity contribution >= 4 is 17.9 Å². The fourth-order valence-electron chi connectivity index (χ4n) is 7.78. The zero-order valence-electron chi connectivity index (χ0n) is 43.4. The molecule has 0 fully saturated rings. The van der Waals surface area contributed by atoms with Crippen LogP contribution in [-0.4, -0.2) is 37.2 Å². The second kappa shape index (κ2) is 54.5. The Morgan fingerprint density at radius 1 is 0.318 bits per heavy atom. The molecule has 0 aliphatic rings. The van der Waals surface area contributed by atoms with E-state index in [-0.39, 0.29) is 31.1 Å². The summed E-state index contributed by atoms with van der Waals surface area (Å²) < 4.78 is 16.8. The Hall–Kier alpha value is -3.15. The molecule has 0 aromatic heterocycles. The minimum Gasteiger partial charge on any atom is -0.462 e. The van der Waals surface area contributed by atoms with Crippen molar-refractivity contribution in [2.45, 2.75) is 277 Å². The molecule has 0 rings (SSSR count). The summed E-state index contributed by atoms with van der Waals surface area (Å²) in [5, 5.41) is 0. The van der Waals surface area contributed by atoms with Gasteiger partial charge in [0.1, 0.15) is 13.2 Å². The Kier molecular flexibility index (Phi) is 51.9. The van der Waals surface area contributed by atoms with Crippen molar-refractivity contribution in [3.8, 4) is 0 Å². The lowest BCUT2D eigenvalue weighted by atomic mass is 10.1. The molecule has 1 atom stereocenters. The van der Waals surface area contributed by atoms with Crippen LogP contribution >= 0.6 is 0 Å². The Bertz CT molecular complexity index is 1240.